The highest BCUT2D eigenvalue weighted by molar-refractivity contribution is 6.30. The van der Waals surface area contributed by atoms with Gasteiger partial charge in [-0.05, 0) is 44.5 Å². The first kappa shape index (κ1) is 12.8. The zero-order chi connectivity index (χ0) is 12.3. The highest BCUT2D eigenvalue weighted by Crippen LogP contribution is 2.26. The fourth-order valence-corrected chi connectivity index (χ4v) is 1.52. The molecule has 16 heavy (non-hydrogen) atoms. The summed E-state index contributed by atoms with van der Waals surface area (Å²) in [7, 11) is 1.34. The van der Waals surface area contributed by atoms with Gasteiger partial charge in [-0.25, -0.2) is 4.79 Å². The second kappa shape index (κ2) is 4.74. The van der Waals surface area contributed by atoms with Crippen LogP contribution in [0.4, 0.5) is 0 Å². The molecule has 0 aliphatic heterocycles. The fourth-order valence-electron chi connectivity index (χ4n) is 1.29. The van der Waals surface area contributed by atoms with Gasteiger partial charge in [0.15, 0.2) is 5.60 Å². The second-order valence-corrected chi connectivity index (χ2v) is 4.45. The van der Waals surface area contributed by atoms with E-state index in [9.17, 15) is 4.79 Å². The SMILES string of the molecule is COC(=O)C(C)(C)Oc1ccc(Cl)cc1C. The minimum Gasteiger partial charge on any atom is -0.476 e. The van der Waals surface area contributed by atoms with Crippen LogP contribution in [0, 0.1) is 6.92 Å². The van der Waals surface area contributed by atoms with Crippen molar-refractivity contribution < 1.29 is 14.3 Å². The molecule has 0 unspecified atom stereocenters. The first-order chi connectivity index (χ1) is 7.36. The summed E-state index contributed by atoms with van der Waals surface area (Å²) in [6.07, 6.45) is 0. The van der Waals surface area contributed by atoms with Crippen molar-refractivity contribution >= 4 is 17.6 Å². The van der Waals surface area contributed by atoms with Gasteiger partial charge in [-0.1, -0.05) is 11.6 Å². The van der Waals surface area contributed by atoms with Crippen molar-refractivity contribution in [3.8, 4) is 5.75 Å². The average Bonchev–Trinajstić information content (AvgIpc) is 2.21. The number of rotatable bonds is 3. The lowest BCUT2D eigenvalue weighted by Gasteiger charge is -2.24. The Kier molecular flexibility index (Phi) is 3.81. The van der Waals surface area contributed by atoms with Crippen LogP contribution in [0.5, 0.6) is 5.75 Å². The molecule has 0 atom stereocenters. The van der Waals surface area contributed by atoms with E-state index >= 15 is 0 Å². The second-order valence-electron chi connectivity index (χ2n) is 4.01. The van der Waals surface area contributed by atoms with E-state index in [1.165, 1.54) is 7.11 Å². The molecule has 1 aromatic rings. The number of carbonyl (C=O) groups excluding carboxylic acids is 1. The number of ether oxygens (including phenoxy) is 2. The van der Waals surface area contributed by atoms with Gasteiger partial charge in [0.25, 0.3) is 0 Å². The van der Waals surface area contributed by atoms with E-state index in [0.29, 0.717) is 10.8 Å². The van der Waals surface area contributed by atoms with Crippen LogP contribution in [-0.4, -0.2) is 18.7 Å². The van der Waals surface area contributed by atoms with Crippen molar-refractivity contribution in [1.82, 2.24) is 0 Å². The first-order valence-electron chi connectivity index (χ1n) is 4.90. The van der Waals surface area contributed by atoms with E-state index in [-0.39, 0.29) is 0 Å². The standard InChI is InChI=1S/C12H15ClO3/c1-8-7-9(13)5-6-10(8)16-12(2,3)11(14)15-4/h5-7H,1-4H3. The number of carbonyl (C=O) groups is 1. The molecule has 0 bridgehead atoms. The highest BCUT2D eigenvalue weighted by Gasteiger charge is 2.31. The third kappa shape index (κ3) is 2.89. The molecule has 0 heterocycles. The van der Waals surface area contributed by atoms with Gasteiger partial charge < -0.3 is 9.47 Å². The third-order valence-electron chi connectivity index (χ3n) is 2.18. The molecule has 0 amide bonds. The molecule has 0 aliphatic rings. The van der Waals surface area contributed by atoms with Gasteiger partial charge in [-0.3, -0.25) is 0 Å². The summed E-state index contributed by atoms with van der Waals surface area (Å²) in [6, 6.07) is 5.24. The summed E-state index contributed by atoms with van der Waals surface area (Å²) < 4.78 is 10.3. The van der Waals surface area contributed by atoms with Crippen LogP contribution in [0.15, 0.2) is 18.2 Å². The number of hydrogen-bond donors (Lipinski definition) is 0. The van der Waals surface area contributed by atoms with Crippen molar-refractivity contribution in [1.29, 1.82) is 0 Å². The number of methoxy groups -OCH3 is 1. The van der Waals surface area contributed by atoms with Crippen molar-refractivity contribution in [3.63, 3.8) is 0 Å². The van der Waals surface area contributed by atoms with Crippen LogP contribution in [0.25, 0.3) is 0 Å². The number of aryl methyl sites for hydroxylation is 1. The average molecular weight is 243 g/mol. The molecular formula is C12H15ClO3. The lowest BCUT2D eigenvalue weighted by molar-refractivity contribution is -0.156. The zero-order valence-corrected chi connectivity index (χ0v) is 10.6. The number of esters is 1. The Balaban J connectivity index is 2.92. The lowest BCUT2D eigenvalue weighted by atomic mass is 10.1. The van der Waals surface area contributed by atoms with E-state index in [0.717, 1.165) is 5.56 Å². The normalized spacial score (nSPS) is 11.1. The minimum absolute atomic E-state index is 0.415. The Bertz CT molecular complexity index is 399. The molecule has 0 saturated carbocycles. The van der Waals surface area contributed by atoms with Crippen LogP contribution < -0.4 is 4.74 Å². The maximum Gasteiger partial charge on any atom is 0.349 e. The third-order valence-corrected chi connectivity index (χ3v) is 2.41. The summed E-state index contributed by atoms with van der Waals surface area (Å²) in [5.41, 5.74) is -0.127. The Morgan fingerprint density at radius 2 is 2.00 bits per heavy atom. The van der Waals surface area contributed by atoms with E-state index in [1.807, 2.05) is 6.92 Å². The van der Waals surface area contributed by atoms with Gasteiger partial charge in [0.1, 0.15) is 5.75 Å². The van der Waals surface area contributed by atoms with E-state index in [1.54, 1.807) is 32.0 Å². The van der Waals surface area contributed by atoms with Gasteiger partial charge in [0.05, 0.1) is 7.11 Å². The molecule has 1 aromatic carbocycles. The Labute approximate surface area is 100 Å². The predicted molar refractivity (Wildman–Crippen MR) is 62.9 cm³/mol. The van der Waals surface area contributed by atoms with E-state index in [2.05, 4.69) is 4.74 Å². The van der Waals surface area contributed by atoms with Crippen molar-refractivity contribution in [2.75, 3.05) is 7.11 Å². The quantitative estimate of drug-likeness (QED) is 0.765. The van der Waals surface area contributed by atoms with Crippen LogP contribution in [0.1, 0.15) is 19.4 Å². The Morgan fingerprint density at radius 1 is 1.38 bits per heavy atom. The van der Waals surface area contributed by atoms with Crippen molar-refractivity contribution in [3.05, 3.63) is 28.8 Å². The first-order valence-corrected chi connectivity index (χ1v) is 5.28. The highest BCUT2D eigenvalue weighted by atomic mass is 35.5. The molecule has 1 rings (SSSR count). The molecule has 0 radical (unpaired) electrons. The molecule has 0 saturated heterocycles. The Hall–Kier alpha value is -1.22. The molecule has 3 nitrogen and oxygen atoms in total. The molecule has 0 aliphatic carbocycles. The van der Waals surface area contributed by atoms with Gasteiger partial charge in [0, 0.05) is 5.02 Å². The molecule has 0 N–H and O–H groups in total. The topological polar surface area (TPSA) is 35.5 Å². The maximum absolute atomic E-state index is 11.4. The summed E-state index contributed by atoms with van der Waals surface area (Å²) in [5, 5.41) is 0.640. The van der Waals surface area contributed by atoms with Gasteiger partial charge in [-0.15, -0.1) is 0 Å². The van der Waals surface area contributed by atoms with Crippen LogP contribution in [0.2, 0.25) is 5.02 Å². The van der Waals surface area contributed by atoms with Crippen molar-refractivity contribution in [2.24, 2.45) is 0 Å². The number of hydrogen-bond acceptors (Lipinski definition) is 3. The molecule has 0 fully saturated rings. The number of benzene rings is 1. The number of halogens is 1. The minimum atomic E-state index is -1.01. The maximum atomic E-state index is 11.4. The van der Waals surface area contributed by atoms with Crippen LogP contribution in [0.3, 0.4) is 0 Å². The van der Waals surface area contributed by atoms with Gasteiger partial charge in [-0.2, -0.15) is 0 Å². The molecule has 0 spiro atoms. The molecular weight excluding hydrogens is 228 g/mol. The zero-order valence-electron chi connectivity index (χ0n) is 9.83. The summed E-state index contributed by atoms with van der Waals surface area (Å²) in [4.78, 5) is 11.4. The van der Waals surface area contributed by atoms with E-state index in [4.69, 9.17) is 16.3 Å². The monoisotopic (exact) mass is 242 g/mol. The van der Waals surface area contributed by atoms with E-state index < -0.39 is 11.6 Å². The summed E-state index contributed by atoms with van der Waals surface area (Å²) in [5.74, 6) is 0.210. The Morgan fingerprint density at radius 3 is 2.50 bits per heavy atom. The predicted octanol–water partition coefficient (Wildman–Crippen LogP) is 2.98. The fraction of sp³-hybridized carbons (Fsp3) is 0.417. The molecule has 4 heteroatoms. The molecule has 0 aromatic heterocycles. The van der Waals surface area contributed by atoms with Crippen LogP contribution in [-0.2, 0) is 9.53 Å². The summed E-state index contributed by atoms with van der Waals surface area (Å²) in [6.45, 7) is 5.19. The van der Waals surface area contributed by atoms with Crippen LogP contribution >= 0.6 is 11.6 Å². The van der Waals surface area contributed by atoms with Gasteiger partial charge in [0.2, 0.25) is 0 Å². The van der Waals surface area contributed by atoms with Crippen molar-refractivity contribution in [2.45, 2.75) is 26.4 Å². The largest absolute Gasteiger partial charge is 0.476 e. The smallest absolute Gasteiger partial charge is 0.349 e. The molecule has 88 valence electrons. The lowest BCUT2D eigenvalue weighted by Crippen LogP contribution is -2.39. The summed E-state index contributed by atoms with van der Waals surface area (Å²) >= 11 is 5.83. The van der Waals surface area contributed by atoms with Gasteiger partial charge >= 0.3 is 5.97 Å².